The van der Waals surface area contributed by atoms with Gasteiger partial charge in [-0.15, -0.1) is 0 Å². The SMILES string of the molecule is C=C(c1ccccc1)c1cc(C(C)(C)C)ccc1N. The van der Waals surface area contributed by atoms with Gasteiger partial charge in [-0.2, -0.15) is 0 Å². The number of nitrogen functional groups attached to an aromatic ring is 1. The van der Waals surface area contributed by atoms with Crippen molar-refractivity contribution in [3.63, 3.8) is 0 Å². The lowest BCUT2D eigenvalue weighted by Gasteiger charge is -2.21. The number of anilines is 1. The molecule has 0 aliphatic heterocycles. The summed E-state index contributed by atoms with van der Waals surface area (Å²) >= 11 is 0. The van der Waals surface area contributed by atoms with Crippen molar-refractivity contribution in [1.82, 2.24) is 0 Å². The first-order valence-electron chi connectivity index (χ1n) is 6.54. The molecule has 0 atom stereocenters. The Labute approximate surface area is 115 Å². The Bertz CT molecular complexity index is 589. The summed E-state index contributed by atoms with van der Waals surface area (Å²) in [6, 6.07) is 16.4. The van der Waals surface area contributed by atoms with Crippen molar-refractivity contribution in [2.45, 2.75) is 26.2 Å². The van der Waals surface area contributed by atoms with Gasteiger partial charge in [0.25, 0.3) is 0 Å². The quantitative estimate of drug-likeness (QED) is 0.774. The molecule has 2 N–H and O–H groups in total. The van der Waals surface area contributed by atoms with Crippen LogP contribution in [0.4, 0.5) is 5.69 Å². The molecule has 2 aromatic rings. The predicted molar refractivity (Wildman–Crippen MR) is 84.1 cm³/mol. The van der Waals surface area contributed by atoms with Crippen LogP contribution in [0.1, 0.15) is 37.5 Å². The molecule has 0 aliphatic carbocycles. The maximum absolute atomic E-state index is 6.11. The Morgan fingerprint density at radius 2 is 1.63 bits per heavy atom. The van der Waals surface area contributed by atoms with Gasteiger partial charge in [0.15, 0.2) is 0 Å². The minimum absolute atomic E-state index is 0.111. The molecule has 0 radical (unpaired) electrons. The van der Waals surface area contributed by atoms with Gasteiger partial charge in [-0.1, -0.05) is 63.7 Å². The third kappa shape index (κ3) is 2.87. The number of hydrogen-bond donors (Lipinski definition) is 1. The lowest BCUT2D eigenvalue weighted by Crippen LogP contribution is -2.12. The molecule has 0 saturated carbocycles. The van der Waals surface area contributed by atoms with Crippen LogP contribution < -0.4 is 5.73 Å². The van der Waals surface area contributed by atoms with Gasteiger partial charge in [0, 0.05) is 11.3 Å². The lowest BCUT2D eigenvalue weighted by molar-refractivity contribution is 0.590. The fourth-order valence-electron chi connectivity index (χ4n) is 2.08. The molecule has 0 aromatic heterocycles. The molecule has 0 fully saturated rings. The molecule has 0 heterocycles. The first-order valence-corrected chi connectivity index (χ1v) is 6.54. The third-order valence-corrected chi connectivity index (χ3v) is 3.37. The summed E-state index contributed by atoms with van der Waals surface area (Å²) in [5, 5.41) is 0. The molecular weight excluding hydrogens is 230 g/mol. The van der Waals surface area contributed by atoms with E-state index in [1.807, 2.05) is 24.3 Å². The van der Waals surface area contributed by atoms with E-state index in [-0.39, 0.29) is 5.41 Å². The molecule has 0 aliphatic rings. The van der Waals surface area contributed by atoms with Gasteiger partial charge in [0.2, 0.25) is 0 Å². The maximum atomic E-state index is 6.11. The van der Waals surface area contributed by atoms with Crippen molar-refractivity contribution in [2.24, 2.45) is 0 Å². The van der Waals surface area contributed by atoms with Crippen LogP contribution in [-0.2, 0) is 5.41 Å². The minimum atomic E-state index is 0.111. The van der Waals surface area contributed by atoms with E-state index in [9.17, 15) is 0 Å². The molecule has 1 heteroatoms. The van der Waals surface area contributed by atoms with E-state index in [0.29, 0.717) is 0 Å². The Morgan fingerprint density at radius 3 is 2.21 bits per heavy atom. The molecule has 1 nitrogen and oxygen atoms in total. The van der Waals surface area contributed by atoms with Gasteiger partial charge >= 0.3 is 0 Å². The second kappa shape index (κ2) is 4.93. The van der Waals surface area contributed by atoms with Gasteiger partial charge < -0.3 is 5.73 Å². The second-order valence-corrected chi connectivity index (χ2v) is 5.90. The summed E-state index contributed by atoms with van der Waals surface area (Å²) in [7, 11) is 0. The summed E-state index contributed by atoms with van der Waals surface area (Å²) in [4.78, 5) is 0. The lowest BCUT2D eigenvalue weighted by atomic mass is 9.84. The monoisotopic (exact) mass is 251 g/mol. The molecule has 0 spiro atoms. The first kappa shape index (κ1) is 13.4. The molecule has 98 valence electrons. The summed E-state index contributed by atoms with van der Waals surface area (Å²) < 4.78 is 0. The Balaban J connectivity index is 2.48. The Morgan fingerprint density at radius 1 is 1.00 bits per heavy atom. The molecule has 0 amide bonds. The summed E-state index contributed by atoms with van der Waals surface area (Å²) in [5.74, 6) is 0. The number of rotatable bonds is 2. The van der Waals surface area contributed by atoms with Gasteiger partial charge in [-0.3, -0.25) is 0 Å². The van der Waals surface area contributed by atoms with E-state index in [4.69, 9.17) is 5.73 Å². The Kier molecular flexibility index (Phi) is 3.48. The fraction of sp³-hybridized carbons (Fsp3) is 0.222. The summed E-state index contributed by atoms with van der Waals surface area (Å²) in [5.41, 5.74) is 11.4. The first-order chi connectivity index (χ1) is 8.89. The number of nitrogens with two attached hydrogens (primary N) is 1. The van der Waals surface area contributed by atoms with Gasteiger partial charge in [0.1, 0.15) is 0 Å². The third-order valence-electron chi connectivity index (χ3n) is 3.37. The van der Waals surface area contributed by atoms with E-state index in [1.165, 1.54) is 5.56 Å². The average molecular weight is 251 g/mol. The van der Waals surface area contributed by atoms with Crippen LogP contribution >= 0.6 is 0 Å². The number of hydrogen-bond acceptors (Lipinski definition) is 1. The molecule has 0 bridgehead atoms. The zero-order chi connectivity index (χ0) is 14.0. The normalized spacial score (nSPS) is 11.3. The van der Waals surface area contributed by atoms with Crippen LogP contribution in [0.3, 0.4) is 0 Å². The Hall–Kier alpha value is -2.02. The van der Waals surface area contributed by atoms with Gasteiger partial charge in [0.05, 0.1) is 0 Å². The van der Waals surface area contributed by atoms with Crippen LogP contribution in [-0.4, -0.2) is 0 Å². The molecule has 0 unspecified atom stereocenters. The van der Waals surface area contributed by atoms with Crippen LogP contribution in [0.5, 0.6) is 0 Å². The van der Waals surface area contributed by atoms with Crippen LogP contribution in [0.25, 0.3) is 5.57 Å². The zero-order valence-electron chi connectivity index (χ0n) is 11.9. The minimum Gasteiger partial charge on any atom is -0.398 e. The van der Waals surface area contributed by atoms with Crippen LogP contribution in [0, 0.1) is 0 Å². The van der Waals surface area contributed by atoms with Crippen LogP contribution in [0.15, 0.2) is 55.1 Å². The molecule has 19 heavy (non-hydrogen) atoms. The average Bonchev–Trinajstić information content (AvgIpc) is 2.38. The largest absolute Gasteiger partial charge is 0.398 e. The maximum Gasteiger partial charge on any atom is 0.0393 e. The van der Waals surface area contributed by atoms with Crippen molar-refractivity contribution >= 4 is 11.3 Å². The molecule has 2 rings (SSSR count). The van der Waals surface area contributed by atoms with Crippen molar-refractivity contribution in [2.75, 3.05) is 5.73 Å². The van der Waals surface area contributed by atoms with Crippen molar-refractivity contribution in [3.8, 4) is 0 Å². The predicted octanol–water partition coefficient (Wildman–Crippen LogP) is 4.63. The van der Waals surface area contributed by atoms with Crippen molar-refractivity contribution < 1.29 is 0 Å². The van der Waals surface area contributed by atoms with Crippen molar-refractivity contribution in [1.29, 1.82) is 0 Å². The molecule has 2 aromatic carbocycles. The van der Waals surface area contributed by atoms with E-state index >= 15 is 0 Å². The van der Waals surface area contributed by atoms with Gasteiger partial charge in [-0.25, -0.2) is 0 Å². The zero-order valence-corrected chi connectivity index (χ0v) is 11.9. The smallest absolute Gasteiger partial charge is 0.0393 e. The summed E-state index contributed by atoms with van der Waals surface area (Å²) in [6.45, 7) is 10.8. The van der Waals surface area contributed by atoms with E-state index < -0.39 is 0 Å². The standard InChI is InChI=1S/C18H21N/c1-13(14-8-6-5-7-9-14)16-12-15(18(2,3)4)10-11-17(16)19/h5-12H,1,19H2,2-4H3. The molecular formula is C18H21N. The second-order valence-electron chi connectivity index (χ2n) is 5.90. The highest BCUT2D eigenvalue weighted by molar-refractivity contribution is 5.84. The highest BCUT2D eigenvalue weighted by Crippen LogP contribution is 2.31. The highest BCUT2D eigenvalue weighted by atomic mass is 14.6. The van der Waals surface area contributed by atoms with E-state index in [1.54, 1.807) is 0 Å². The van der Waals surface area contributed by atoms with E-state index in [0.717, 1.165) is 22.4 Å². The number of benzene rings is 2. The molecule has 0 saturated heterocycles. The highest BCUT2D eigenvalue weighted by Gasteiger charge is 2.16. The fourth-order valence-corrected chi connectivity index (χ4v) is 2.08. The van der Waals surface area contributed by atoms with E-state index in [2.05, 4.69) is 51.6 Å². The van der Waals surface area contributed by atoms with Crippen LogP contribution in [0.2, 0.25) is 0 Å². The topological polar surface area (TPSA) is 26.0 Å². The summed E-state index contributed by atoms with van der Waals surface area (Å²) in [6.07, 6.45) is 0. The van der Waals surface area contributed by atoms with Gasteiger partial charge in [-0.05, 0) is 34.2 Å². The van der Waals surface area contributed by atoms with Crippen molar-refractivity contribution in [3.05, 3.63) is 71.8 Å².